The first-order valence-electron chi connectivity index (χ1n) is 10.6. The van der Waals surface area contributed by atoms with Crippen LogP contribution in [0.25, 0.3) is 0 Å². The minimum absolute atomic E-state index is 0.00534. The first kappa shape index (κ1) is 20.3. The van der Waals surface area contributed by atoms with Crippen molar-refractivity contribution in [2.75, 3.05) is 0 Å². The summed E-state index contributed by atoms with van der Waals surface area (Å²) in [7, 11) is 0. The largest absolute Gasteiger partial charge is 0.868 e. The molecular weight excluding hydrogens is 443 g/mol. The number of hydrogen-bond acceptors (Lipinski definition) is 5. The molecule has 4 atom stereocenters. The molecule has 1 N–H and O–H groups in total. The summed E-state index contributed by atoms with van der Waals surface area (Å²) in [6.07, 6.45) is 3.24. The summed E-state index contributed by atoms with van der Waals surface area (Å²) in [4.78, 5) is 39.8. The molecule has 1 saturated heterocycles. The Morgan fingerprint density at radius 2 is 1.97 bits per heavy atom. The Morgan fingerprint density at radius 3 is 2.64 bits per heavy atom. The molecule has 6 rings (SSSR count). The van der Waals surface area contributed by atoms with Crippen LogP contribution in [-0.2, 0) is 17.8 Å². The number of fused-ring (bicyclic) bond motifs is 3. The van der Waals surface area contributed by atoms with E-state index in [1.807, 2.05) is 0 Å². The Labute approximate surface area is 184 Å². The van der Waals surface area contributed by atoms with Crippen molar-refractivity contribution >= 4 is 11.8 Å². The zero-order valence-electron chi connectivity index (χ0n) is 17.1. The van der Waals surface area contributed by atoms with Gasteiger partial charge >= 0.3 is 0 Å². The standard InChI is InChI=1S/C22H18F3N3O5/c23-9-3-12(24)10(13(25)4-9)6-26-20(31)11-7-27-8-16-28(21(32)17(27)19(30)18(11)29)14-5-22(14)2-1-15(22)33-16/h3-4,7,14-16,30H,1-2,5-6,8H2,(H,26,31)/p-1/t14-,15-,16-,22?/m1/s1. The van der Waals surface area contributed by atoms with Gasteiger partial charge in [-0.05, 0) is 25.0 Å². The third-order valence-electron chi connectivity index (χ3n) is 7.36. The van der Waals surface area contributed by atoms with Crippen LogP contribution in [0.15, 0.2) is 23.1 Å². The second-order valence-corrected chi connectivity index (χ2v) is 9.02. The number of rotatable bonds is 3. The van der Waals surface area contributed by atoms with Gasteiger partial charge in [-0.25, -0.2) is 13.2 Å². The number of nitrogens with zero attached hydrogens (tertiary/aromatic N) is 2. The lowest BCUT2D eigenvalue weighted by atomic mass is 9.76. The Balaban J connectivity index is 1.29. The molecular formula is C22H17F3N3O5-. The number of benzene rings is 1. The first-order chi connectivity index (χ1) is 15.7. The molecule has 11 heteroatoms. The van der Waals surface area contributed by atoms with Crippen LogP contribution in [-0.4, -0.2) is 39.7 Å². The van der Waals surface area contributed by atoms with E-state index in [0.29, 0.717) is 12.1 Å². The predicted octanol–water partition coefficient (Wildman–Crippen LogP) is 1.00. The molecule has 1 aromatic carbocycles. The number of carbonyl (C=O) groups is 2. The van der Waals surface area contributed by atoms with Crippen LogP contribution in [0.1, 0.15) is 45.7 Å². The average molecular weight is 460 g/mol. The topological polar surface area (TPSA) is 104 Å². The van der Waals surface area contributed by atoms with Gasteiger partial charge in [0.25, 0.3) is 11.8 Å². The quantitative estimate of drug-likeness (QED) is 0.736. The molecule has 3 heterocycles. The van der Waals surface area contributed by atoms with Crippen molar-refractivity contribution in [1.29, 1.82) is 0 Å². The van der Waals surface area contributed by atoms with E-state index in [9.17, 15) is 32.7 Å². The highest BCUT2D eigenvalue weighted by molar-refractivity contribution is 5.99. The van der Waals surface area contributed by atoms with Crippen molar-refractivity contribution in [2.45, 2.75) is 50.7 Å². The summed E-state index contributed by atoms with van der Waals surface area (Å²) in [6.45, 7) is -0.586. The fourth-order valence-electron chi connectivity index (χ4n) is 5.45. The van der Waals surface area contributed by atoms with E-state index in [4.69, 9.17) is 4.74 Å². The number of halogens is 3. The van der Waals surface area contributed by atoms with Crippen LogP contribution >= 0.6 is 0 Å². The minimum Gasteiger partial charge on any atom is -0.868 e. The molecule has 3 fully saturated rings. The number of ether oxygens (including phenoxy) is 1. The van der Waals surface area contributed by atoms with E-state index in [0.717, 1.165) is 25.5 Å². The van der Waals surface area contributed by atoms with Gasteiger partial charge in [-0.15, -0.1) is 0 Å². The van der Waals surface area contributed by atoms with Gasteiger partial charge in [0.2, 0.25) is 0 Å². The van der Waals surface area contributed by atoms with Crippen LogP contribution in [0, 0.1) is 22.9 Å². The SMILES string of the molecule is O=C(NCc1c(F)cc(F)cc1F)c1cn2c(c([O-])c1=O)C(=O)N1[C@@H](C2)O[C@@H]2CCC23C[C@@H]13. The molecule has 4 aliphatic rings. The van der Waals surface area contributed by atoms with Crippen molar-refractivity contribution in [3.05, 3.63) is 62.8 Å². The normalized spacial score (nSPS) is 28.8. The van der Waals surface area contributed by atoms with Crippen molar-refractivity contribution < 1.29 is 32.6 Å². The van der Waals surface area contributed by atoms with Crippen LogP contribution in [0.5, 0.6) is 5.75 Å². The van der Waals surface area contributed by atoms with Crippen LogP contribution in [0.2, 0.25) is 0 Å². The number of nitrogens with one attached hydrogen (secondary N) is 1. The maximum atomic E-state index is 13.8. The van der Waals surface area contributed by atoms with Crippen molar-refractivity contribution in [3.63, 3.8) is 0 Å². The van der Waals surface area contributed by atoms with Crippen molar-refractivity contribution in [3.8, 4) is 5.75 Å². The summed E-state index contributed by atoms with van der Waals surface area (Å²) < 4.78 is 48.0. The van der Waals surface area contributed by atoms with Gasteiger partial charge < -0.3 is 24.6 Å². The molecule has 1 aromatic heterocycles. The summed E-state index contributed by atoms with van der Waals surface area (Å²) >= 11 is 0. The second-order valence-electron chi connectivity index (χ2n) is 9.02. The molecule has 2 saturated carbocycles. The molecule has 2 aliphatic carbocycles. The van der Waals surface area contributed by atoms with Gasteiger partial charge in [0.15, 0.2) is 11.7 Å². The van der Waals surface area contributed by atoms with E-state index in [2.05, 4.69) is 5.32 Å². The molecule has 172 valence electrons. The molecule has 33 heavy (non-hydrogen) atoms. The Kier molecular flexibility index (Phi) is 4.05. The van der Waals surface area contributed by atoms with Crippen LogP contribution < -0.4 is 15.9 Å². The summed E-state index contributed by atoms with van der Waals surface area (Å²) in [5, 5.41) is 14.9. The molecule has 0 bridgehead atoms. The van der Waals surface area contributed by atoms with E-state index < -0.39 is 64.3 Å². The fourth-order valence-corrected chi connectivity index (χ4v) is 5.45. The van der Waals surface area contributed by atoms with Gasteiger partial charge in [-0.1, -0.05) is 0 Å². The highest BCUT2D eigenvalue weighted by Gasteiger charge is 2.72. The van der Waals surface area contributed by atoms with Gasteiger partial charge in [0, 0.05) is 41.9 Å². The lowest BCUT2D eigenvalue weighted by molar-refractivity contribution is -0.272. The maximum absolute atomic E-state index is 13.8. The molecule has 8 nitrogen and oxygen atoms in total. The van der Waals surface area contributed by atoms with Gasteiger partial charge in [-0.3, -0.25) is 14.4 Å². The predicted molar refractivity (Wildman–Crippen MR) is 103 cm³/mol. The molecule has 2 amide bonds. The highest BCUT2D eigenvalue weighted by Crippen LogP contribution is 2.67. The maximum Gasteiger partial charge on any atom is 0.272 e. The highest BCUT2D eigenvalue weighted by atomic mass is 19.1. The lowest BCUT2D eigenvalue weighted by Gasteiger charge is -2.51. The van der Waals surface area contributed by atoms with Gasteiger partial charge in [0.05, 0.1) is 12.6 Å². The fraction of sp³-hybridized carbons (Fsp3) is 0.409. The second kappa shape index (κ2) is 6.60. The third kappa shape index (κ3) is 2.71. The van der Waals surface area contributed by atoms with E-state index >= 15 is 0 Å². The van der Waals surface area contributed by atoms with Crippen molar-refractivity contribution in [2.24, 2.45) is 5.41 Å². The summed E-state index contributed by atoms with van der Waals surface area (Å²) in [6, 6.07) is 0.924. The third-order valence-corrected chi connectivity index (χ3v) is 7.36. The zero-order valence-corrected chi connectivity index (χ0v) is 17.1. The van der Waals surface area contributed by atoms with Crippen LogP contribution in [0.3, 0.4) is 0 Å². The minimum atomic E-state index is -1.20. The number of carbonyl (C=O) groups excluding carboxylic acids is 2. The Morgan fingerprint density at radius 1 is 1.24 bits per heavy atom. The molecule has 1 spiro atoms. The van der Waals surface area contributed by atoms with E-state index in [1.54, 1.807) is 4.90 Å². The summed E-state index contributed by atoms with van der Waals surface area (Å²) in [5.41, 5.74) is -2.70. The first-order valence-corrected chi connectivity index (χ1v) is 10.6. The number of amides is 2. The van der Waals surface area contributed by atoms with Gasteiger partial charge in [0.1, 0.15) is 28.7 Å². The lowest BCUT2D eigenvalue weighted by Crippen LogP contribution is -2.61. The van der Waals surface area contributed by atoms with Gasteiger partial charge in [-0.2, -0.15) is 0 Å². The monoisotopic (exact) mass is 460 g/mol. The van der Waals surface area contributed by atoms with Crippen molar-refractivity contribution in [1.82, 2.24) is 14.8 Å². The Hall–Kier alpha value is -3.34. The number of aromatic nitrogens is 1. The molecule has 0 radical (unpaired) electrons. The Bertz CT molecular complexity index is 1290. The van der Waals surface area contributed by atoms with E-state index in [1.165, 1.54) is 4.57 Å². The zero-order chi connectivity index (χ0) is 23.2. The molecule has 1 unspecified atom stereocenters. The van der Waals surface area contributed by atoms with Crippen LogP contribution in [0.4, 0.5) is 13.2 Å². The molecule has 2 aromatic rings. The number of hydrogen-bond donors (Lipinski definition) is 1. The van der Waals surface area contributed by atoms with E-state index in [-0.39, 0.29) is 29.8 Å². The smallest absolute Gasteiger partial charge is 0.272 e. The molecule has 2 aliphatic heterocycles. The average Bonchev–Trinajstić information content (AvgIpc) is 3.50. The number of pyridine rings is 1. The summed E-state index contributed by atoms with van der Waals surface area (Å²) in [5.74, 6) is -6.27.